The molecule has 1 aliphatic heterocycles. The van der Waals surface area contributed by atoms with Crippen LogP contribution in [0.4, 0.5) is 16.2 Å². The highest BCUT2D eigenvalue weighted by atomic mass is 79.9. The maximum absolute atomic E-state index is 13.1. The van der Waals surface area contributed by atoms with Gasteiger partial charge < -0.3 is 25.0 Å². The van der Waals surface area contributed by atoms with Crippen molar-refractivity contribution in [3.8, 4) is 5.06 Å². The lowest BCUT2D eigenvalue weighted by Crippen LogP contribution is -2.61. The number of ether oxygens (including phenoxy) is 2. The van der Waals surface area contributed by atoms with Gasteiger partial charge in [0.1, 0.15) is 18.4 Å². The Bertz CT molecular complexity index is 1150. The predicted molar refractivity (Wildman–Crippen MR) is 129 cm³/mol. The van der Waals surface area contributed by atoms with E-state index in [1.165, 1.54) is 17.6 Å². The monoisotopic (exact) mass is 551 g/mol. The molecule has 1 aromatic carbocycles. The number of anilines is 2. The fraction of sp³-hybridized carbons (Fsp3) is 0.333. The van der Waals surface area contributed by atoms with Crippen LogP contribution in [0.5, 0.6) is 5.06 Å². The number of hydrazine groups is 1. The van der Waals surface area contributed by atoms with Gasteiger partial charge in [0.25, 0.3) is 0 Å². The van der Waals surface area contributed by atoms with Crippen molar-refractivity contribution in [2.45, 2.75) is 31.7 Å². The summed E-state index contributed by atoms with van der Waals surface area (Å²) in [4.78, 5) is 38.1. The number of rotatable bonds is 7. The summed E-state index contributed by atoms with van der Waals surface area (Å²) in [6.07, 6.45) is 2.45. The zero-order chi connectivity index (χ0) is 24.3. The molecule has 1 fully saturated rings. The zero-order valence-corrected chi connectivity index (χ0v) is 20.5. The van der Waals surface area contributed by atoms with Crippen LogP contribution in [0.15, 0.2) is 46.2 Å². The molecular formula is C21H22BrN5O6S. The van der Waals surface area contributed by atoms with Crippen LogP contribution in [-0.4, -0.2) is 35.7 Å². The number of benzene rings is 1. The van der Waals surface area contributed by atoms with Gasteiger partial charge in [-0.25, -0.2) is 14.9 Å². The second-order valence-corrected chi connectivity index (χ2v) is 10.3. The summed E-state index contributed by atoms with van der Waals surface area (Å²) in [7, 11) is 0. The molecule has 2 heterocycles. The van der Waals surface area contributed by atoms with E-state index in [4.69, 9.17) is 9.47 Å². The van der Waals surface area contributed by atoms with Gasteiger partial charge in [-0.1, -0.05) is 16.8 Å². The third-order valence-corrected chi connectivity index (χ3v) is 7.10. The normalized spacial score (nSPS) is 16.4. The molecule has 0 radical (unpaired) electrons. The van der Waals surface area contributed by atoms with Crippen LogP contribution in [-0.2, 0) is 9.53 Å². The number of thiophene rings is 1. The minimum absolute atomic E-state index is 0.213. The molecule has 0 saturated heterocycles. The molecule has 34 heavy (non-hydrogen) atoms. The number of hydrogen-bond acceptors (Lipinski definition) is 8. The first-order valence-corrected chi connectivity index (χ1v) is 12.0. The van der Waals surface area contributed by atoms with Crippen LogP contribution in [0.1, 0.15) is 24.8 Å². The van der Waals surface area contributed by atoms with Crippen molar-refractivity contribution in [1.82, 2.24) is 10.7 Å². The number of amides is 2. The fourth-order valence-corrected chi connectivity index (χ4v) is 4.98. The van der Waals surface area contributed by atoms with Crippen molar-refractivity contribution < 1.29 is 24.1 Å². The molecule has 1 aromatic heterocycles. The largest absolute Gasteiger partial charge is 0.495 e. The van der Waals surface area contributed by atoms with Gasteiger partial charge in [-0.05, 0) is 78.0 Å². The maximum atomic E-state index is 13.1. The average molecular weight is 552 g/mol. The Kier molecular flexibility index (Phi) is 6.93. The smallest absolute Gasteiger partial charge is 0.414 e. The number of hydrogen-bond donors (Lipinski definition) is 3. The molecule has 0 atom stereocenters. The number of nitrogens with one attached hydrogen (secondary N) is 3. The van der Waals surface area contributed by atoms with E-state index >= 15 is 0 Å². The number of nitro groups is 1. The summed E-state index contributed by atoms with van der Waals surface area (Å²) < 4.78 is 11.3. The minimum atomic E-state index is -1.03. The first-order chi connectivity index (χ1) is 16.3. The zero-order valence-electron chi connectivity index (χ0n) is 18.1. The predicted octanol–water partition coefficient (Wildman–Crippen LogP) is 3.89. The molecule has 0 spiro atoms. The average Bonchev–Trinajstić information content (AvgIpc) is 3.15. The molecule has 2 aliphatic rings. The summed E-state index contributed by atoms with van der Waals surface area (Å²) in [6.45, 7) is 2.65. The van der Waals surface area contributed by atoms with E-state index in [2.05, 4.69) is 32.0 Å². The molecule has 2 amide bonds. The number of carbonyl (C=O) groups excluding carboxylic acids is 2. The van der Waals surface area contributed by atoms with Crippen LogP contribution in [0.2, 0.25) is 0 Å². The maximum Gasteiger partial charge on any atom is 0.414 e. The third-order valence-electron chi connectivity index (χ3n) is 5.59. The molecule has 1 aliphatic carbocycles. The topological polar surface area (TPSA) is 135 Å². The highest BCUT2D eigenvalue weighted by Crippen LogP contribution is 2.35. The Labute approximate surface area is 207 Å². The standard InChI is InChI=1S/C21H22BrN5O6S/c1-13-11-14(3-4-15(13)26-9-10-32-12-17(26)25-27(30)31)23-19(28)21(7-2-8-21)24-20(29)33-18-6-5-16(22)34-18/h3-6,11-12,25H,2,7-10H2,1H3,(H,23,28)(H,24,29). The van der Waals surface area contributed by atoms with Gasteiger partial charge in [-0.15, -0.1) is 0 Å². The van der Waals surface area contributed by atoms with Crippen molar-refractivity contribution in [3.63, 3.8) is 0 Å². The molecule has 0 bridgehead atoms. The molecule has 4 rings (SSSR count). The highest BCUT2D eigenvalue weighted by molar-refractivity contribution is 9.11. The molecule has 0 unspecified atom stereocenters. The Morgan fingerprint density at radius 3 is 2.71 bits per heavy atom. The first kappa shape index (κ1) is 23.8. The SMILES string of the molecule is Cc1cc(NC(=O)C2(NC(=O)Oc3ccc(Br)s3)CCC2)ccc1N1CCOC=C1N[N+](=O)[O-]. The van der Waals surface area contributed by atoms with E-state index in [0.717, 1.165) is 21.5 Å². The van der Waals surface area contributed by atoms with E-state index in [0.29, 0.717) is 36.7 Å². The van der Waals surface area contributed by atoms with Crippen LogP contribution in [0, 0.1) is 17.0 Å². The van der Waals surface area contributed by atoms with Crippen LogP contribution in [0.3, 0.4) is 0 Å². The first-order valence-electron chi connectivity index (χ1n) is 10.4. The summed E-state index contributed by atoms with van der Waals surface area (Å²) in [5, 5.41) is 16.3. The Morgan fingerprint density at radius 1 is 1.29 bits per heavy atom. The second kappa shape index (κ2) is 9.89. The van der Waals surface area contributed by atoms with Gasteiger partial charge in [-0.2, -0.15) is 0 Å². The molecule has 1 saturated carbocycles. The molecule has 3 N–H and O–H groups in total. The van der Waals surface area contributed by atoms with Crippen molar-refractivity contribution in [2.24, 2.45) is 0 Å². The summed E-state index contributed by atoms with van der Waals surface area (Å²) in [5.41, 5.74) is 3.19. The van der Waals surface area contributed by atoms with E-state index < -0.39 is 16.7 Å². The lowest BCUT2D eigenvalue weighted by molar-refractivity contribution is -0.536. The molecule has 11 nitrogen and oxygen atoms in total. The summed E-state index contributed by atoms with van der Waals surface area (Å²) >= 11 is 4.59. The molecule has 2 aromatic rings. The second-order valence-electron chi connectivity index (χ2n) is 7.86. The van der Waals surface area contributed by atoms with Gasteiger partial charge in [0.15, 0.2) is 10.1 Å². The van der Waals surface area contributed by atoms with E-state index in [-0.39, 0.29) is 11.7 Å². The van der Waals surface area contributed by atoms with Crippen LogP contribution in [0.25, 0.3) is 0 Å². The van der Waals surface area contributed by atoms with Crippen LogP contribution < -0.4 is 25.7 Å². The Hall–Kier alpha value is -3.32. The van der Waals surface area contributed by atoms with E-state index in [1.807, 2.05) is 6.92 Å². The lowest BCUT2D eigenvalue weighted by Gasteiger charge is -2.40. The Morgan fingerprint density at radius 2 is 2.09 bits per heavy atom. The van der Waals surface area contributed by atoms with Crippen molar-refractivity contribution >= 4 is 50.6 Å². The van der Waals surface area contributed by atoms with Gasteiger partial charge in [-0.3, -0.25) is 4.79 Å². The number of aryl methyl sites for hydroxylation is 1. The van der Waals surface area contributed by atoms with Crippen LogP contribution >= 0.6 is 27.3 Å². The van der Waals surface area contributed by atoms with Gasteiger partial charge >= 0.3 is 6.09 Å². The van der Waals surface area contributed by atoms with E-state index in [9.17, 15) is 19.7 Å². The fourth-order valence-electron chi connectivity index (χ4n) is 3.79. The van der Waals surface area contributed by atoms with Crippen molar-refractivity contribution in [2.75, 3.05) is 23.4 Å². The van der Waals surface area contributed by atoms with Gasteiger partial charge in [0.2, 0.25) is 11.7 Å². The van der Waals surface area contributed by atoms with E-state index in [1.54, 1.807) is 35.2 Å². The summed E-state index contributed by atoms with van der Waals surface area (Å²) in [6, 6.07) is 8.71. The van der Waals surface area contributed by atoms with Crippen molar-refractivity contribution in [3.05, 3.63) is 61.9 Å². The molecule has 180 valence electrons. The molecular weight excluding hydrogens is 530 g/mol. The Balaban J connectivity index is 1.43. The molecule has 13 heteroatoms. The quantitative estimate of drug-likeness (QED) is 0.348. The minimum Gasteiger partial charge on any atom is -0.495 e. The van der Waals surface area contributed by atoms with Gasteiger partial charge in [0.05, 0.1) is 10.3 Å². The third kappa shape index (κ3) is 5.25. The summed E-state index contributed by atoms with van der Waals surface area (Å²) in [5.74, 6) is -0.109. The lowest BCUT2D eigenvalue weighted by atomic mass is 9.76. The highest BCUT2D eigenvalue weighted by Gasteiger charge is 2.46. The number of carbonyl (C=O) groups is 2. The number of nitrogens with zero attached hydrogens (tertiary/aromatic N) is 2. The van der Waals surface area contributed by atoms with Crippen molar-refractivity contribution in [1.29, 1.82) is 0 Å². The number of halogens is 1. The van der Waals surface area contributed by atoms with Gasteiger partial charge in [0, 0.05) is 11.4 Å².